The van der Waals surface area contributed by atoms with E-state index in [2.05, 4.69) is 154 Å². The molecule has 0 bridgehead atoms. The Labute approximate surface area is 377 Å². The minimum atomic E-state index is -1.94. The second-order valence-electron chi connectivity index (χ2n) is 25.7. The topological polar surface area (TPSA) is 141 Å². The van der Waals surface area contributed by atoms with Gasteiger partial charge in [-0.3, -0.25) is 19.2 Å². The van der Waals surface area contributed by atoms with Crippen LogP contribution < -0.4 is 16.0 Å². The van der Waals surface area contributed by atoms with Gasteiger partial charge in [-0.05, 0) is 116 Å². The SMILES string of the molecule is CC(C)C1(C)CC(OC(=O)C(C(=O)OC2CC(C)(C)NC(C)(C(C)C)C2)C(C(=O)OC2CC(C)(C)NC(C)(C(C)C)C2)C(=O)OC2CC(C)(C)NC(C)(C(C)C)C2)CC(C)(C)C1. The first-order valence-electron chi connectivity index (χ1n) is 24.1. The minimum Gasteiger partial charge on any atom is -0.462 e. The van der Waals surface area contributed by atoms with Crippen molar-refractivity contribution in [1.82, 2.24) is 16.0 Å². The molecule has 11 heteroatoms. The fourth-order valence-electron chi connectivity index (χ4n) is 12.0. The van der Waals surface area contributed by atoms with E-state index in [1.165, 1.54) is 0 Å². The lowest BCUT2D eigenvalue weighted by Gasteiger charge is -2.50. The third-order valence-corrected chi connectivity index (χ3v) is 16.1. The highest BCUT2D eigenvalue weighted by Crippen LogP contribution is 2.51. The first kappa shape index (κ1) is 52.4. The molecule has 0 amide bonds. The smallest absolute Gasteiger partial charge is 0.322 e. The van der Waals surface area contributed by atoms with Crippen LogP contribution in [0.25, 0.3) is 0 Å². The minimum absolute atomic E-state index is 0.141. The summed E-state index contributed by atoms with van der Waals surface area (Å²) in [6, 6.07) is 0. The molecule has 9 unspecified atom stereocenters. The Morgan fingerprint density at radius 2 is 0.645 bits per heavy atom. The Morgan fingerprint density at radius 1 is 0.387 bits per heavy atom. The van der Waals surface area contributed by atoms with Crippen molar-refractivity contribution in [2.75, 3.05) is 0 Å². The van der Waals surface area contributed by atoms with Gasteiger partial charge in [-0.2, -0.15) is 0 Å². The molecule has 62 heavy (non-hydrogen) atoms. The standard InChI is InChI=1S/C51H91N3O8/c1-30(2)48(17)25-34(21-44(9,10)29-48)59-40(55)38(41(56)60-35-22-45(11,12)52-49(18,26-35)31(3)4)39(42(57)61-36-23-46(13,14)53-50(19,27-36)32(5)6)43(58)62-37-24-47(15,16)54-51(20,28-37)33(7)8/h30-39,52-54H,21-29H2,1-20H3. The summed E-state index contributed by atoms with van der Waals surface area (Å²) in [7, 11) is 0. The normalized spacial score (nSPS) is 36.5. The molecule has 0 aromatic heterocycles. The summed E-state index contributed by atoms with van der Waals surface area (Å²) in [5.41, 5.74) is -2.66. The molecule has 0 spiro atoms. The van der Waals surface area contributed by atoms with Crippen molar-refractivity contribution in [3.63, 3.8) is 0 Å². The largest absolute Gasteiger partial charge is 0.462 e. The van der Waals surface area contributed by atoms with Crippen molar-refractivity contribution >= 4 is 23.9 Å². The van der Waals surface area contributed by atoms with Crippen LogP contribution in [-0.2, 0) is 38.1 Å². The average Bonchev–Trinajstić information content (AvgIpc) is 3.02. The molecule has 4 fully saturated rings. The van der Waals surface area contributed by atoms with Gasteiger partial charge in [-0.1, -0.05) is 76.2 Å². The lowest BCUT2D eigenvalue weighted by molar-refractivity contribution is -0.192. The van der Waals surface area contributed by atoms with Crippen LogP contribution in [0.2, 0.25) is 0 Å². The Balaban J connectivity index is 1.83. The average molecular weight is 874 g/mol. The number of hydrogen-bond donors (Lipinski definition) is 3. The van der Waals surface area contributed by atoms with Crippen LogP contribution in [0.15, 0.2) is 0 Å². The van der Waals surface area contributed by atoms with E-state index >= 15 is 19.2 Å². The number of esters is 4. The molecule has 4 rings (SSSR count). The molecule has 3 heterocycles. The zero-order valence-electron chi connectivity index (χ0n) is 42.9. The Morgan fingerprint density at radius 3 is 0.887 bits per heavy atom. The van der Waals surface area contributed by atoms with Crippen molar-refractivity contribution in [3.05, 3.63) is 0 Å². The van der Waals surface area contributed by atoms with Crippen LogP contribution >= 0.6 is 0 Å². The number of piperidine rings is 3. The van der Waals surface area contributed by atoms with Gasteiger partial charge in [-0.25, -0.2) is 0 Å². The zero-order valence-corrected chi connectivity index (χ0v) is 42.9. The highest BCUT2D eigenvalue weighted by molar-refractivity contribution is 6.07. The quantitative estimate of drug-likeness (QED) is 0.0926. The van der Waals surface area contributed by atoms with E-state index in [9.17, 15) is 0 Å². The third kappa shape index (κ3) is 12.6. The van der Waals surface area contributed by atoms with Crippen molar-refractivity contribution in [1.29, 1.82) is 0 Å². The second kappa shape index (κ2) is 18.2. The summed E-state index contributed by atoms with van der Waals surface area (Å²) in [4.78, 5) is 60.4. The van der Waals surface area contributed by atoms with Gasteiger partial charge in [0.2, 0.25) is 0 Å². The van der Waals surface area contributed by atoms with Gasteiger partial charge in [0, 0.05) is 71.8 Å². The number of nitrogens with one attached hydrogen (secondary N) is 3. The third-order valence-electron chi connectivity index (χ3n) is 16.1. The number of carbonyl (C=O) groups excluding carboxylic acids is 4. The van der Waals surface area contributed by atoms with Crippen molar-refractivity contribution in [3.8, 4) is 0 Å². The maximum atomic E-state index is 15.1. The lowest BCUT2D eigenvalue weighted by Crippen LogP contribution is -2.64. The fourth-order valence-corrected chi connectivity index (χ4v) is 12.0. The van der Waals surface area contributed by atoms with Gasteiger partial charge >= 0.3 is 23.9 Å². The molecular formula is C51H91N3O8. The summed E-state index contributed by atoms with van der Waals surface area (Å²) >= 11 is 0. The molecule has 3 saturated heterocycles. The summed E-state index contributed by atoms with van der Waals surface area (Å²) in [5, 5.41) is 11.3. The maximum Gasteiger partial charge on any atom is 0.322 e. The first-order chi connectivity index (χ1) is 27.9. The Hall–Kier alpha value is -2.24. The van der Waals surface area contributed by atoms with Gasteiger partial charge in [-0.15, -0.1) is 0 Å². The first-order valence-corrected chi connectivity index (χ1v) is 24.1. The van der Waals surface area contributed by atoms with Gasteiger partial charge in [0.25, 0.3) is 0 Å². The molecule has 358 valence electrons. The summed E-state index contributed by atoms with van der Waals surface area (Å²) in [6.45, 7) is 42.5. The van der Waals surface area contributed by atoms with E-state index in [1.807, 2.05) is 0 Å². The monoisotopic (exact) mass is 874 g/mol. The molecule has 3 N–H and O–H groups in total. The molecule has 0 radical (unpaired) electrons. The van der Waals surface area contributed by atoms with Crippen LogP contribution in [0.1, 0.15) is 196 Å². The number of rotatable bonds is 13. The lowest BCUT2D eigenvalue weighted by atomic mass is 9.59. The molecule has 1 aliphatic carbocycles. The summed E-state index contributed by atoms with van der Waals surface area (Å²) in [6.07, 6.45) is 2.65. The molecule has 4 aliphatic rings. The van der Waals surface area contributed by atoms with Crippen LogP contribution in [-0.4, -0.2) is 81.5 Å². The van der Waals surface area contributed by atoms with Gasteiger partial charge in [0.1, 0.15) is 24.4 Å². The molecule has 0 aromatic carbocycles. The molecular weight excluding hydrogens is 783 g/mol. The predicted molar refractivity (Wildman–Crippen MR) is 246 cm³/mol. The van der Waals surface area contributed by atoms with Crippen LogP contribution in [0.3, 0.4) is 0 Å². The molecule has 9 atom stereocenters. The van der Waals surface area contributed by atoms with Crippen LogP contribution in [0, 0.1) is 46.3 Å². The Kier molecular flexibility index (Phi) is 15.4. The van der Waals surface area contributed by atoms with E-state index < -0.39 is 76.7 Å². The second-order valence-corrected chi connectivity index (χ2v) is 25.7. The molecule has 0 aromatic rings. The number of hydrogen-bond acceptors (Lipinski definition) is 11. The van der Waals surface area contributed by atoms with Gasteiger partial charge in [0.15, 0.2) is 11.8 Å². The highest BCUT2D eigenvalue weighted by Gasteiger charge is 2.55. The van der Waals surface area contributed by atoms with Crippen molar-refractivity contribution < 1.29 is 38.1 Å². The van der Waals surface area contributed by atoms with E-state index in [0.717, 1.165) is 6.42 Å². The van der Waals surface area contributed by atoms with E-state index in [-0.39, 0.29) is 45.2 Å². The Bertz CT molecular complexity index is 1400. The van der Waals surface area contributed by atoms with Crippen molar-refractivity contribution in [2.24, 2.45) is 46.3 Å². The zero-order chi connectivity index (χ0) is 47.4. The molecule has 11 nitrogen and oxygen atoms in total. The highest BCUT2D eigenvalue weighted by atomic mass is 16.6. The van der Waals surface area contributed by atoms with Gasteiger partial charge in [0.05, 0.1) is 0 Å². The summed E-state index contributed by atoms with van der Waals surface area (Å²) < 4.78 is 25.6. The van der Waals surface area contributed by atoms with E-state index in [0.29, 0.717) is 57.3 Å². The van der Waals surface area contributed by atoms with Crippen LogP contribution in [0.4, 0.5) is 0 Å². The predicted octanol–water partition coefficient (Wildman–Crippen LogP) is 9.47. The summed E-state index contributed by atoms with van der Waals surface area (Å²) in [5.74, 6) is -6.82. The number of carbonyl (C=O) groups is 4. The van der Waals surface area contributed by atoms with E-state index in [1.54, 1.807) is 0 Å². The van der Waals surface area contributed by atoms with Gasteiger partial charge < -0.3 is 34.9 Å². The molecule has 3 aliphatic heterocycles. The number of ether oxygens (including phenoxy) is 4. The fraction of sp³-hybridized carbons (Fsp3) is 0.922. The van der Waals surface area contributed by atoms with Crippen LogP contribution in [0.5, 0.6) is 0 Å². The van der Waals surface area contributed by atoms with E-state index in [4.69, 9.17) is 18.9 Å². The van der Waals surface area contributed by atoms with Crippen molar-refractivity contribution in [2.45, 2.75) is 254 Å². The maximum absolute atomic E-state index is 15.1. The molecule has 1 saturated carbocycles.